The molecule has 0 saturated heterocycles. The van der Waals surface area contributed by atoms with E-state index in [2.05, 4.69) is 4.98 Å². The van der Waals surface area contributed by atoms with E-state index in [1.54, 1.807) is 12.1 Å². The maximum absolute atomic E-state index is 13.3. The number of benzene rings is 1. The van der Waals surface area contributed by atoms with Crippen LogP contribution < -0.4 is 4.74 Å². The fourth-order valence-corrected chi connectivity index (χ4v) is 2.02. The molecular weight excluding hydrogens is 297 g/mol. The van der Waals surface area contributed by atoms with Gasteiger partial charge in [-0.2, -0.15) is 0 Å². The Labute approximate surface area is 126 Å². The van der Waals surface area contributed by atoms with E-state index in [-0.39, 0.29) is 10.7 Å². The molecule has 0 saturated carbocycles. The molecule has 0 spiro atoms. The average Bonchev–Trinajstić information content (AvgIpc) is 2.49. The SMILES string of the molecule is COc1ccc(C(C)(O)CO)nc1-c1ccc(F)c(Cl)c1. The number of methoxy groups -OCH3 is 1. The third kappa shape index (κ3) is 3.15. The number of rotatable bonds is 4. The third-order valence-electron chi connectivity index (χ3n) is 3.13. The van der Waals surface area contributed by atoms with Crippen molar-refractivity contribution >= 4 is 11.6 Å². The molecule has 0 bridgehead atoms. The lowest BCUT2D eigenvalue weighted by atomic mass is 10.0. The van der Waals surface area contributed by atoms with Crippen LogP contribution >= 0.6 is 11.6 Å². The second-order valence-electron chi connectivity index (χ2n) is 4.81. The van der Waals surface area contributed by atoms with Gasteiger partial charge in [0.15, 0.2) is 0 Å². The summed E-state index contributed by atoms with van der Waals surface area (Å²) in [6.45, 7) is 0.971. The van der Waals surface area contributed by atoms with Crippen LogP contribution in [0.15, 0.2) is 30.3 Å². The van der Waals surface area contributed by atoms with Crippen LogP contribution in [0.25, 0.3) is 11.3 Å². The van der Waals surface area contributed by atoms with E-state index >= 15 is 0 Å². The molecule has 1 atom stereocenters. The normalized spacial score (nSPS) is 13.8. The molecule has 1 unspecified atom stereocenters. The summed E-state index contributed by atoms with van der Waals surface area (Å²) in [5.74, 6) is -0.0759. The zero-order valence-electron chi connectivity index (χ0n) is 11.6. The van der Waals surface area contributed by atoms with Gasteiger partial charge in [0, 0.05) is 5.56 Å². The van der Waals surface area contributed by atoms with E-state index in [1.807, 2.05) is 0 Å². The zero-order chi connectivity index (χ0) is 15.6. The first kappa shape index (κ1) is 15.7. The zero-order valence-corrected chi connectivity index (χ0v) is 12.4. The summed E-state index contributed by atoms with van der Waals surface area (Å²) < 4.78 is 18.5. The van der Waals surface area contributed by atoms with Crippen LogP contribution in [0.4, 0.5) is 4.39 Å². The van der Waals surface area contributed by atoms with Gasteiger partial charge in [0.25, 0.3) is 0 Å². The summed E-state index contributed by atoms with van der Waals surface area (Å²) in [6, 6.07) is 7.36. The Morgan fingerprint density at radius 1 is 1.33 bits per heavy atom. The number of hydrogen-bond donors (Lipinski definition) is 2. The molecule has 1 heterocycles. The summed E-state index contributed by atoms with van der Waals surface area (Å²) in [6.07, 6.45) is 0. The number of nitrogens with zero attached hydrogens (tertiary/aromatic N) is 1. The van der Waals surface area contributed by atoms with Gasteiger partial charge in [0.2, 0.25) is 0 Å². The predicted octanol–water partition coefficient (Wildman–Crippen LogP) is 2.75. The molecule has 2 rings (SSSR count). The minimum Gasteiger partial charge on any atom is -0.494 e. The molecule has 0 aliphatic rings. The van der Waals surface area contributed by atoms with Gasteiger partial charge in [0.1, 0.15) is 22.9 Å². The Balaban J connectivity index is 2.59. The molecule has 6 heteroatoms. The maximum Gasteiger partial charge on any atom is 0.145 e. The lowest BCUT2D eigenvalue weighted by molar-refractivity contribution is -0.00580. The molecule has 0 amide bonds. The van der Waals surface area contributed by atoms with Gasteiger partial charge in [0.05, 0.1) is 24.4 Å². The van der Waals surface area contributed by atoms with Gasteiger partial charge in [-0.15, -0.1) is 0 Å². The van der Waals surface area contributed by atoms with Crippen LogP contribution in [0.3, 0.4) is 0 Å². The van der Waals surface area contributed by atoms with Gasteiger partial charge < -0.3 is 14.9 Å². The minimum absolute atomic E-state index is 0.0318. The number of aliphatic hydroxyl groups excluding tert-OH is 1. The number of hydrogen-bond acceptors (Lipinski definition) is 4. The van der Waals surface area contributed by atoms with Gasteiger partial charge in [-0.05, 0) is 37.3 Å². The minimum atomic E-state index is -1.48. The molecule has 21 heavy (non-hydrogen) atoms. The molecule has 1 aromatic heterocycles. The third-order valence-corrected chi connectivity index (χ3v) is 3.42. The van der Waals surface area contributed by atoms with Crippen molar-refractivity contribution < 1.29 is 19.3 Å². The van der Waals surface area contributed by atoms with E-state index in [0.29, 0.717) is 17.0 Å². The summed E-state index contributed by atoms with van der Waals surface area (Å²) in [7, 11) is 1.48. The first-order chi connectivity index (χ1) is 9.89. The largest absolute Gasteiger partial charge is 0.494 e. The van der Waals surface area contributed by atoms with Gasteiger partial charge in [-0.1, -0.05) is 11.6 Å². The van der Waals surface area contributed by atoms with Crippen molar-refractivity contribution in [3.63, 3.8) is 0 Å². The summed E-state index contributed by atoms with van der Waals surface area (Å²) in [5.41, 5.74) is -0.245. The van der Waals surface area contributed by atoms with E-state index < -0.39 is 18.0 Å². The van der Waals surface area contributed by atoms with Crippen LogP contribution in [0.2, 0.25) is 5.02 Å². The number of pyridine rings is 1. The molecule has 0 radical (unpaired) electrons. The van der Waals surface area contributed by atoms with Crippen molar-refractivity contribution in [3.8, 4) is 17.0 Å². The fraction of sp³-hybridized carbons (Fsp3) is 0.267. The van der Waals surface area contributed by atoms with Crippen LogP contribution in [-0.2, 0) is 5.60 Å². The second kappa shape index (κ2) is 5.97. The Hall–Kier alpha value is -1.69. The highest BCUT2D eigenvalue weighted by atomic mass is 35.5. The van der Waals surface area contributed by atoms with Crippen LogP contribution in [0, 0.1) is 5.82 Å². The highest BCUT2D eigenvalue weighted by Gasteiger charge is 2.25. The molecule has 0 aliphatic heterocycles. The van der Waals surface area contributed by atoms with Crippen LogP contribution in [0.5, 0.6) is 5.75 Å². The quantitative estimate of drug-likeness (QED) is 0.911. The Morgan fingerprint density at radius 3 is 2.62 bits per heavy atom. The average molecular weight is 312 g/mol. The lowest BCUT2D eigenvalue weighted by Crippen LogP contribution is -2.27. The first-order valence-corrected chi connectivity index (χ1v) is 6.61. The van der Waals surface area contributed by atoms with Crippen molar-refractivity contribution in [3.05, 3.63) is 46.9 Å². The van der Waals surface area contributed by atoms with E-state index in [1.165, 1.54) is 32.2 Å². The van der Waals surface area contributed by atoms with Crippen LogP contribution in [-0.4, -0.2) is 28.9 Å². The second-order valence-corrected chi connectivity index (χ2v) is 5.22. The predicted molar refractivity (Wildman–Crippen MR) is 77.8 cm³/mol. The topological polar surface area (TPSA) is 62.6 Å². The van der Waals surface area contributed by atoms with E-state index in [4.69, 9.17) is 16.3 Å². The highest BCUT2D eigenvalue weighted by Crippen LogP contribution is 2.32. The number of aromatic nitrogens is 1. The monoisotopic (exact) mass is 311 g/mol. The molecule has 2 N–H and O–H groups in total. The molecule has 2 aromatic rings. The van der Waals surface area contributed by atoms with Crippen LogP contribution in [0.1, 0.15) is 12.6 Å². The molecule has 112 valence electrons. The smallest absolute Gasteiger partial charge is 0.145 e. The highest BCUT2D eigenvalue weighted by molar-refractivity contribution is 6.31. The Kier molecular flexibility index (Phi) is 4.46. The van der Waals surface area contributed by atoms with Gasteiger partial charge in [-0.25, -0.2) is 9.37 Å². The van der Waals surface area contributed by atoms with Gasteiger partial charge >= 0.3 is 0 Å². The first-order valence-electron chi connectivity index (χ1n) is 6.23. The lowest BCUT2D eigenvalue weighted by Gasteiger charge is -2.21. The summed E-state index contributed by atoms with van der Waals surface area (Å²) >= 11 is 5.78. The van der Waals surface area contributed by atoms with E-state index in [0.717, 1.165) is 0 Å². The number of aliphatic hydroxyl groups is 2. The standard InChI is InChI=1S/C15H15ClFNO3/c1-15(20,8-19)13-6-5-12(21-2)14(18-13)9-3-4-11(17)10(16)7-9/h3-7,19-20H,8H2,1-2H3. The Morgan fingerprint density at radius 2 is 2.05 bits per heavy atom. The van der Waals surface area contributed by atoms with Crippen molar-refractivity contribution in [1.29, 1.82) is 0 Å². The molecule has 0 fully saturated rings. The summed E-state index contributed by atoms with van der Waals surface area (Å²) in [5, 5.41) is 19.3. The molecule has 4 nitrogen and oxygen atoms in total. The maximum atomic E-state index is 13.3. The van der Waals surface area contributed by atoms with Crippen molar-refractivity contribution in [2.24, 2.45) is 0 Å². The Bertz CT molecular complexity index is 661. The van der Waals surface area contributed by atoms with Gasteiger partial charge in [-0.3, -0.25) is 0 Å². The number of halogens is 2. The van der Waals surface area contributed by atoms with Crippen molar-refractivity contribution in [2.75, 3.05) is 13.7 Å². The van der Waals surface area contributed by atoms with E-state index in [9.17, 15) is 14.6 Å². The van der Waals surface area contributed by atoms with Crippen molar-refractivity contribution in [1.82, 2.24) is 4.98 Å². The molecular formula is C15H15ClFNO3. The molecule has 0 aliphatic carbocycles. The fourth-order valence-electron chi connectivity index (χ4n) is 1.84. The number of ether oxygens (including phenoxy) is 1. The van der Waals surface area contributed by atoms with Crippen molar-refractivity contribution in [2.45, 2.75) is 12.5 Å². The molecule has 1 aromatic carbocycles. The summed E-state index contributed by atoms with van der Waals surface area (Å²) in [4.78, 5) is 4.31.